The Balaban J connectivity index is 1.25. The molecule has 0 radical (unpaired) electrons. The molecule has 1 fully saturated rings. The summed E-state index contributed by atoms with van der Waals surface area (Å²) in [6, 6.07) is 30.2. The predicted molar refractivity (Wildman–Crippen MR) is 137 cm³/mol. The van der Waals surface area contributed by atoms with Gasteiger partial charge in [0.25, 0.3) is 5.91 Å². The summed E-state index contributed by atoms with van der Waals surface area (Å²) in [5, 5.41) is 5.72. The maximum Gasteiger partial charge on any atom is 0.264 e. The third-order valence-electron chi connectivity index (χ3n) is 5.32. The van der Waals surface area contributed by atoms with E-state index in [2.05, 4.69) is 53.6 Å². The van der Waals surface area contributed by atoms with Gasteiger partial charge in [-0.15, -0.1) is 0 Å². The van der Waals surface area contributed by atoms with E-state index >= 15 is 0 Å². The molecule has 5 rings (SSSR count). The maximum atomic E-state index is 12.4. The van der Waals surface area contributed by atoms with Gasteiger partial charge in [0.05, 0.1) is 10.6 Å². The van der Waals surface area contributed by atoms with Crippen LogP contribution in [0.2, 0.25) is 0 Å². The number of fused-ring (bicyclic) bond motifs is 1. The molecule has 0 aliphatic carbocycles. The van der Waals surface area contributed by atoms with Gasteiger partial charge in [-0.3, -0.25) is 4.79 Å². The number of benzene rings is 4. The highest BCUT2D eigenvalue weighted by Gasteiger charge is 2.23. The summed E-state index contributed by atoms with van der Waals surface area (Å²) < 4.78 is 5.87. The third kappa shape index (κ3) is 5.16. The second-order valence-corrected chi connectivity index (χ2v) is 8.89. The Hall–Kier alpha value is -3.83. The normalized spacial score (nSPS) is 15.8. The van der Waals surface area contributed by atoms with Gasteiger partial charge in [0, 0.05) is 0 Å². The molecule has 0 aromatic heterocycles. The monoisotopic (exact) mass is 450 g/mol. The molecule has 4 nitrogen and oxygen atoms in total. The lowest BCUT2D eigenvalue weighted by atomic mass is 10.1. The molecule has 1 heterocycles. The highest BCUT2D eigenvalue weighted by atomic mass is 32.2. The minimum atomic E-state index is -0.140. The maximum absolute atomic E-state index is 12.4. The Kier molecular flexibility index (Phi) is 5.96. The van der Waals surface area contributed by atoms with Crippen molar-refractivity contribution in [3.63, 3.8) is 0 Å². The highest BCUT2D eigenvalue weighted by Crippen LogP contribution is 2.29. The zero-order valence-corrected chi connectivity index (χ0v) is 18.9. The fourth-order valence-electron chi connectivity index (χ4n) is 3.51. The highest BCUT2D eigenvalue weighted by molar-refractivity contribution is 8.18. The molecule has 1 amide bonds. The first-order valence-electron chi connectivity index (χ1n) is 10.7. The van der Waals surface area contributed by atoms with Crippen LogP contribution in [0.1, 0.15) is 16.7 Å². The van der Waals surface area contributed by atoms with Crippen molar-refractivity contribution in [1.82, 2.24) is 5.32 Å². The quantitative estimate of drug-likeness (QED) is 0.348. The first-order valence-corrected chi connectivity index (χ1v) is 11.5. The summed E-state index contributed by atoms with van der Waals surface area (Å²) >= 11 is 1.35. The lowest BCUT2D eigenvalue weighted by Crippen LogP contribution is -2.19. The van der Waals surface area contributed by atoms with Crippen molar-refractivity contribution >= 4 is 45.4 Å². The van der Waals surface area contributed by atoms with Crippen LogP contribution in [-0.4, -0.2) is 11.1 Å². The number of rotatable bonds is 5. The number of hydrogen-bond acceptors (Lipinski definition) is 4. The zero-order chi connectivity index (χ0) is 22.6. The Morgan fingerprint density at radius 1 is 0.909 bits per heavy atom. The molecule has 4 aromatic carbocycles. The van der Waals surface area contributed by atoms with Gasteiger partial charge >= 0.3 is 0 Å². The van der Waals surface area contributed by atoms with E-state index in [9.17, 15) is 4.79 Å². The van der Waals surface area contributed by atoms with Crippen LogP contribution in [-0.2, 0) is 11.4 Å². The average molecular weight is 451 g/mol. The van der Waals surface area contributed by atoms with Crippen molar-refractivity contribution in [1.29, 1.82) is 0 Å². The summed E-state index contributed by atoms with van der Waals surface area (Å²) in [4.78, 5) is 17.7. The summed E-state index contributed by atoms with van der Waals surface area (Å²) in [5.41, 5.74) is 4.11. The Morgan fingerprint density at radius 3 is 2.45 bits per heavy atom. The van der Waals surface area contributed by atoms with E-state index in [0.29, 0.717) is 16.7 Å². The van der Waals surface area contributed by atoms with E-state index in [4.69, 9.17) is 4.74 Å². The number of amidine groups is 1. The Bertz CT molecular complexity index is 1370. The van der Waals surface area contributed by atoms with Crippen LogP contribution in [0.3, 0.4) is 0 Å². The molecule has 1 N–H and O–H groups in total. The van der Waals surface area contributed by atoms with Crippen molar-refractivity contribution in [3.8, 4) is 5.75 Å². The second kappa shape index (κ2) is 9.35. The fourth-order valence-corrected chi connectivity index (χ4v) is 4.35. The van der Waals surface area contributed by atoms with Crippen LogP contribution in [0.5, 0.6) is 5.75 Å². The molecule has 4 aromatic rings. The third-order valence-corrected chi connectivity index (χ3v) is 6.23. The summed E-state index contributed by atoms with van der Waals surface area (Å²) in [5.74, 6) is 0.652. The van der Waals surface area contributed by atoms with E-state index < -0.39 is 0 Å². The van der Waals surface area contributed by atoms with E-state index in [-0.39, 0.29) is 5.91 Å². The van der Waals surface area contributed by atoms with Crippen molar-refractivity contribution in [2.45, 2.75) is 13.5 Å². The Morgan fingerprint density at radius 2 is 1.67 bits per heavy atom. The number of ether oxygens (including phenoxy) is 1. The second-order valence-electron chi connectivity index (χ2n) is 7.86. The first-order chi connectivity index (χ1) is 16.1. The largest absolute Gasteiger partial charge is 0.489 e. The van der Waals surface area contributed by atoms with Crippen molar-refractivity contribution in [3.05, 3.63) is 113 Å². The summed E-state index contributed by atoms with van der Waals surface area (Å²) in [7, 11) is 0. The smallest absolute Gasteiger partial charge is 0.264 e. The molecule has 0 atom stereocenters. The molecular formula is C28H22N2O2S. The van der Waals surface area contributed by atoms with Gasteiger partial charge in [-0.1, -0.05) is 72.3 Å². The Labute approximate surface area is 197 Å². The molecule has 1 aliphatic heterocycles. The van der Waals surface area contributed by atoms with E-state index in [1.807, 2.05) is 60.7 Å². The topological polar surface area (TPSA) is 50.7 Å². The van der Waals surface area contributed by atoms with Gasteiger partial charge in [-0.2, -0.15) is 0 Å². The fraction of sp³-hybridized carbons (Fsp3) is 0.0714. The minimum Gasteiger partial charge on any atom is -0.489 e. The molecule has 0 saturated carbocycles. The molecule has 1 aliphatic rings. The molecule has 0 spiro atoms. The number of nitrogens with zero attached hydrogens (tertiary/aromatic N) is 1. The summed E-state index contributed by atoms with van der Waals surface area (Å²) in [6.07, 6.45) is 1.87. The predicted octanol–water partition coefficient (Wildman–Crippen LogP) is 6.62. The minimum absolute atomic E-state index is 0.140. The van der Waals surface area contributed by atoms with E-state index in [1.165, 1.54) is 17.3 Å². The van der Waals surface area contributed by atoms with Gasteiger partial charge < -0.3 is 10.1 Å². The zero-order valence-electron chi connectivity index (χ0n) is 18.1. The first kappa shape index (κ1) is 21.0. The number of aryl methyl sites for hydroxylation is 1. The number of thioether (sulfide) groups is 1. The van der Waals surface area contributed by atoms with Crippen LogP contribution >= 0.6 is 11.8 Å². The van der Waals surface area contributed by atoms with Gasteiger partial charge in [-0.25, -0.2) is 4.99 Å². The van der Waals surface area contributed by atoms with Gasteiger partial charge in [0.1, 0.15) is 12.4 Å². The molecule has 1 saturated heterocycles. The van der Waals surface area contributed by atoms with Crippen LogP contribution in [0.25, 0.3) is 16.8 Å². The van der Waals surface area contributed by atoms with E-state index in [0.717, 1.165) is 33.3 Å². The standard InChI is InChI=1S/C28H22N2O2S/c1-19-6-8-21(9-7-19)18-32-25-14-10-20(11-15-25)16-26-27(31)30-28(33-26)29-24-13-12-22-4-2-3-5-23(22)17-24/h2-17H,18H2,1H3,(H,29,30,31). The van der Waals surface area contributed by atoms with Gasteiger partial charge in [-0.05, 0) is 70.9 Å². The van der Waals surface area contributed by atoms with E-state index in [1.54, 1.807) is 0 Å². The van der Waals surface area contributed by atoms with Crippen LogP contribution in [0, 0.1) is 6.92 Å². The van der Waals surface area contributed by atoms with Crippen molar-refractivity contribution < 1.29 is 9.53 Å². The SMILES string of the molecule is Cc1ccc(COc2ccc(C=C3SC(=Nc4ccc5ccccc5c4)NC3=O)cc2)cc1. The molecule has 5 heteroatoms. The lowest BCUT2D eigenvalue weighted by Gasteiger charge is -2.07. The molecule has 162 valence electrons. The van der Waals surface area contributed by atoms with Gasteiger partial charge in [0.15, 0.2) is 5.17 Å². The number of hydrogen-bond donors (Lipinski definition) is 1. The summed E-state index contributed by atoms with van der Waals surface area (Å²) in [6.45, 7) is 2.59. The molecule has 0 bridgehead atoms. The number of carbonyl (C=O) groups excluding carboxylic acids is 1. The van der Waals surface area contributed by atoms with Crippen LogP contribution in [0.15, 0.2) is 101 Å². The number of aliphatic imine (C=N–C) groups is 1. The van der Waals surface area contributed by atoms with Crippen LogP contribution in [0.4, 0.5) is 5.69 Å². The van der Waals surface area contributed by atoms with Crippen molar-refractivity contribution in [2.75, 3.05) is 0 Å². The number of nitrogens with one attached hydrogen (secondary N) is 1. The molecular weight excluding hydrogens is 428 g/mol. The number of carbonyl (C=O) groups is 1. The lowest BCUT2D eigenvalue weighted by molar-refractivity contribution is -0.115. The molecule has 33 heavy (non-hydrogen) atoms. The average Bonchev–Trinajstić information content (AvgIpc) is 3.18. The van der Waals surface area contributed by atoms with Crippen molar-refractivity contribution in [2.24, 2.45) is 4.99 Å². The number of amides is 1. The van der Waals surface area contributed by atoms with Gasteiger partial charge in [0.2, 0.25) is 0 Å². The molecule has 0 unspecified atom stereocenters. The van der Waals surface area contributed by atoms with Crippen LogP contribution < -0.4 is 10.1 Å².